The molecule has 1 atom stereocenters. The Bertz CT molecular complexity index is 455. The van der Waals surface area contributed by atoms with Crippen LogP contribution in [0.4, 0.5) is 0 Å². The molecule has 1 aromatic rings. The van der Waals surface area contributed by atoms with E-state index < -0.39 is 11.9 Å². The molecule has 0 amide bonds. The Hall–Kier alpha value is -1.03. The van der Waals surface area contributed by atoms with Crippen molar-refractivity contribution in [3.8, 4) is 5.75 Å². The molecule has 1 aliphatic carbocycles. The fraction of sp³-hybridized carbons (Fsp3) is 0.533. The average molecular weight is 327 g/mol. The van der Waals surface area contributed by atoms with E-state index in [-0.39, 0.29) is 0 Å². The van der Waals surface area contributed by atoms with E-state index in [0.29, 0.717) is 12.3 Å². The molecule has 0 radical (unpaired) electrons. The summed E-state index contributed by atoms with van der Waals surface area (Å²) < 4.78 is 6.82. The lowest BCUT2D eigenvalue weighted by molar-refractivity contribution is -0.141. The first-order valence-electron chi connectivity index (χ1n) is 6.70. The van der Waals surface area contributed by atoms with Crippen molar-refractivity contribution < 1.29 is 14.6 Å². The standard InChI is InChI=1S/C15H19BrO3/c1-10(15(17)18)7-12-8-13(16)5-6-14(12)19-9-11-3-2-4-11/h5-6,8,10-11H,2-4,7,9H2,1H3,(H,17,18). The van der Waals surface area contributed by atoms with Gasteiger partial charge in [-0.25, -0.2) is 0 Å². The molecule has 0 heterocycles. The first-order valence-corrected chi connectivity index (χ1v) is 7.49. The molecule has 0 spiro atoms. The van der Waals surface area contributed by atoms with E-state index in [1.807, 2.05) is 18.2 Å². The first-order chi connectivity index (χ1) is 9.06. The van der Waals surface area contributed by atoms with Gasteiger partial charge in [-0.3, -0.25) is 4.79 Å². The van der Waals surface area contributed by atoms with Gasteiger partial charge >= 0.3 is 5.97 Å². The Labute approximate surface area is 122 Å². The zero-order valence-electron chi connectivity index (χ0n) is 11.1. The summed E-state index contributed by atoms with van der Waals surface area (Å²) in [7, 11) is 0. The van der Waals surface area contributed by atoms with E-state index in [1.54, 1.807) is 6.92 Å². The Kier molecular flexibility index (Phi) is 4.86. The van der Waals surface area contributed by atoms with Crippen LogP contribution >= 0.6 is 15.9 Å². The highest BCUT2D eigenvalue weighted by molar-refractivity contribution is 9.10. The number of rotatable bonds is 6. The quantitative estimate of drug-likeness (QED) is 0.862. The van der Waals surface area contributed by atoms with E-state index in [1.165, 1.54) is 19.3 Å². The molecular weight excluding hydrogens is 308 g/mol. The number of aliphatic carboxylic acids is 1. The largest absolute Gasteiger partial charge is 0.493 e. The minimum atomic E-state index is -0.773. The minimum Gasteiger partial charge on any atom is -0.493 e. The number of halogens is 1. The molecule has 1 fully saturated rings. The summed E-state index contributed by atoms with van der Waals surface area (Å²) in [5.74, 6) is 0.321. The van der Waals surface area contributed by atoms with Crippen LogP contribution in [0.25, 0.3) is 0 Å². The van der Waals surface area contributed by atoms with E-state index >= 15 is 0 Å². The maximum absolute atomic E-state index is 11.0. The van der Waals surface area contributed by atoms with Crippen molar-refractivity contribution in [2.75, 3.05) is 6.61 Å². The monoisotopic (exact) mass is 326 g/mol. The van der Waals surface area contributed by atoms with Gasteiger partial charge in [-0.05, 0) is 48.9 Å². The van der Waals surface area contributed by atoms with Crippen LogP contribution < -0.4 is 4.74 Å². The molecule has 1 aromatic carbocycles. The van der Waals surface area contributed by atoms with E-state index in [9.17, 15) is 4.79 Å². The van der Waals surface area contributed by atoms with Crippen LogP contribution in [0.5, 0.6) is 5.75 Å². The summed E-state index contributed by atoms with van der Waals surface area (Å²) in [5, 5.41) is 9.02. The van der Waals surface area contributed by atoms with Gasteiger partial charge in [-0.2, -0.15) is 0 Å². The van der Waals surface area contributed by atoms with Gasteiger partial charge in [0.15, 0.2) is 0 Å². The smallest absolute Gasteiger partial charge is 0.306 e. The Morgan fingerprint density at radius 1 is 1.53 bits per heavy atom. The molecule has 104 valence electrons. The third kappa shape index (κ3) is 3.96. The fourth-order valence-corrected chi connectivity index (χ4v) is 2.54. The summed E-state index contributed by atoms with van der Waals surface area (Å²) in [6, 6.07) is 5.81. The second-order valence-electron chi connectivity index (χ2n) is 5.30. The average Bonchev–Trinajstić information content (AvgIpc) is 2.29. The SMILES string of the molecule is CC(Cc1cc(Br)ccc1OCC1CCC1)C(=O)O. The molecule has 3 nitrogen and oxygen atoms in total. The van der Waals surface area contributed by atoms with Gasteiger partial charge in [0.05, 0.1) is 12.5 Å². The number of hydrogen-bond donors (Lipinski definition) is 1. The highest BCUT2D eigenvalue weighted by Crippen LogP contribution is 2.30. The van der Waals surface area contributed by atoms with Crippen LogP contribution in [-0.4, -0.2) is 17.7 Å². The highest BCUT2D eigenvalue weighted by atomic mass is 79.9. The summed E-state index contributed by atoms with van der Waals surface area (Å²) in [6.07, 6.45) is 4.29. The Morgan fingerprint density at radius 3 is 2.84 bits per heavy atom. The Balaban J connectivity index is 2.05. The molecule has 1 saturated carbocycles. The second kappa shape index (κ2) is 6.42. The van der Waals surface area contributed by atoms with Crippen molar-refractivity contribution in [1.29, 1.82) is 0 Å². The zero-order chi connectivity index (χ0) is 13.8. The maximum atomic E-state index is 11.0. The third-order valence-electron chi connectivity index (χ3n) is 3.67. The normalized spacial score (nSPS) is 16.7. The zero-order valence-corrected chi connectivity index (χ0v) is 12.6. The van der Waals surface area contributed by atoms with E-state index in [2.05, 4.69) is 15.9 Å². The molecule has 19 heavy (non-hydrogen) atoms. The molecule has 0 aliphatic heterocycles. The van der Waals surface area contributed by atoms with Crippen molar-refractivity contribution in [3.63, 3.8) is 0 Å². The molecule has 1 unspecified atom stereocenters. The molecule has 0 bridgehead atoms. The maximum Gasteiger partial charge on any atom is 0.306 e. The molecular formula is C15H19BrO3. The van der Waals surface area contributed by atoms with E-state index in [4.69, 9.17) is 9.84 Å². The number of benzene rings is 1. The van der Waals surface area contributed by atoms with Crippen molar-refractivity contribution in [1.82, 2.24) is 0 Å². The molecule has 4 heteroatoms. The predicted octanol–water partition coefficient (Wildman–Crippen LogP) is 3.89. The minimum absolute atomic E-state index is 0.402. The Morgan fingerprint density at radius 2 is 2.26 bits per heavy atom. The van der Waals surface area contributed by atoms with Crippen molar-refractivity contribution in [2.24, 2.45) is 11.8 Å². The van der Waals surface area contributed by atoms with Crippen LogP contribution in [0.15, 0.2) is 22.7 Å². The molecule has 0 saturated heterocycles. The molecule has 1 N–H and O–H groups in total. The summed E-state index contributed by atoms with van der Waals surface area (Å²) in [5.41, 5.74) is 0.962. The lowest BCUT2D eigenvalue weighted by atomic mass is 9.86. The fourth-order valence-electron chi connectivity index (χ4n) is 2.13. The van der Waals surface area contributed by atoms with Gasteiger partial charge in [0.2, 0.25) is 0 Å². The molecule has 1 aliphatic rings. The van der Waals surface area contributed by atoms with Gasteiger partial charge in [-0.15, -0.1) is 0 Å². The van der Waals surface area contributed by atoms with Crippen LogP contribution in [0.3, 0.4) is 0 Å². The predicted molar refractivity (Wildman–Crippen MR) is 77.5 cm³/mol. The summed E-state index contributed by atoms with van der Waals surface area (Å²) >= 11 is 3.43. The molecule has 2 rings (SSSR count). The van der Waals surface area contributed by atoms with Crippen LogP contribution in [0.2, 0.25) is 0 Å². The van der Waals surface area contributed by atoms with Gasteiger partial charge in [0.1, 0.15) is 5.75 Å². The second-order valence-corrected chi connectivity index (χ2v) is 6.22. The third-order valence-corrected chi connectivity index (χ3v) is 4.16. The van der Waals surface area contributed by atoms with Gasteiger partial charge < -0.3 is 9.84 Å². The van der Waals surface area contributed by atoms with Crippen molar-refractivity contribution in [2.45, 2.75) is 32.6 Å². The van der Waals surface area contributed by atoms with Crippen molar-refractivity contribution in [3.05, 3.63) is 28.2 Å². The number of carboxylic acid groups (broad SMARTS) is 1. The summed E-state index contributed by atoms with van der Waals surface area (Å²) in [6.45, 7) is 2.47. The summed E-state index contributed by atoms with van der Waals surface area (Å²) in [4.78, 5) is 11.0. The number of carbonyl (C=O) groups is 1. The molecule has 0 aromatic heterocycles. The first kappa shape index (κ1) is 14.4. The topological polar surface area (TPSA) is 46.5 Å². The van der Waals surface area contributed by atoms with Gasteiger partial charge in [-0.1, -0.05) is 29.3 Å². The van der Waals surface area contributed by atoms with Crippen LogP contribution in [0, 0.1) is 11.8 Å². The lowest BCUT2D eigenvalue weighted by Gasteiger charge is -2.26. The lowest BCUT2D eigenvalue weighted by Crippen LogP contribution is -2.20. The highest BCUT2D eigenvalue weighted by Gasteiger charge is 2.19. The number of ether oxygens (including phenoxy) is 1. The van der Waals surface area contributed by atoms with Crippen LogP contribution in [-0.2, 0) is 11.2 Å². The van der Waals surface area contributed by atoms with E-state index in [0.717, 1.165) is 22.4 Å². The van der Waals surface area contributed by atoms with Crippen LogP contribution in [0.1, 0.15) is 31.7 Å². The van der Waals surface area contributed by atoms with Gasteiger partial charge in [0, 0.05) is 4.47 Å². The number of carboxylic acids is 1. The van der Waals surface area contributed by atoms with Gasteiger partial charge in [0.25, 0.3) is 0 Å². The number of hydrogen-bond acceptors (Lipinski definition) is 2. The van der Waals surface area contributed by atoms with Crippen molar-refractivity contribution >= 4 is 21.9 Å².